The first-order chi connectivity index (χ1) is 10.1. The maximum Gasteiger partial charge on any atom is 0.113 e. The molecule has 5 heteroatoms. The Labute approximate surface area is 135 Å². The van der Waals surface area contributed by atoms with Gasteiger partial charge in [-0.3, -0.25) is 4.90 Å². The number of benzene rings is 1. The van der Waals surface area contributed by atoms with E-state index < -0.39 is 0 Å². The van der Waals surface area contributed by atoms with Crippen LogP contribution in [0.15, 0.2) is 29.6 Å². The van der Waals surface area contributed by atoms with E-state index in [9.17, 15) is 0 Å². The van der Waals surface area contributed by atoms with Crippen molar-refractivity contribution in [1.29, 1.82) is 0 Å². The summed E-state index contributed by atoms with van der Waals surface area (Å²) in [6, 6.07) is 7.89. The van der Waals surface area contributed by atoms with E-state index in [1.165, 1.54) is 0 Å². The highest BCUT2D eigenvalue weighted by Gasteiger charge is 2.32. The van der Waals surface area contributed by atoms with Crippen LogP contribution in [0.4, 0.5) is 0 Å². The average Bonchev–Trinajstić information content (AvgIpc) is 2.99. The maximum atomic E-state index is 6.28. The predicted molar refractivity (Wildman–Crippen MR) is 90.0 cm³/mol. The number of rotatable bonds is 3. The number of hydrogen-bond acceptors (Lipinski definition) is 4. The molecule has 2 heterocycles. The molecule has 0 bridgehead atoms. The summed E-state index contributed by atoms with van der Waals surface area (Å²) in [5.74, 6) is 0. The summed E-state index contributed by atoms with van der Waals surface area (Å²) < 4.78 is 0. The first kappa shape index (κ1) is 15.0. The van der Waals surface area contributed by atoms with Gasteiger partial charge in [0.25, 0.3) is 0 Å². The fraction of sp³-hybridized carbons (Fsp3) is 0.438. The van der Waals surface area contributed by atoms with Crippen molar-refractivity contribution < 1.29 is 0 Å². The van der Waals surface area contributed by atoms with Gasteiger partial charge in [-0.25, -0.2) is 4.98 Å². The van der Waals surface area contributed by atoms with E-state index in [1.807, 2.05) is 24.3 Å². The molecule has 1 aliphatic rings. The standard InChI is InChI=1S/C16H20ClN3S/c1-16(2,20-9-7-18-8-10-20)15-19-14(11-21-15)12-5-3-4-6-13(12)17/h3-6,11,18H,7-10H2,1-2H3. The highest BCUT2D eigenvalue weighted by molar-refractivity contribution is 7.10. The summed E-state index contributed by atoms with van der Waals surface area (Å²) in [6.45, 7) is 8.74. The van der Waals surface area contributed by atoms with E-state index >= 15 is 0 Å². The van der Waals surface area contributed by atoms with E-state index in [1.54, 1.807) is 11.3 Å². The van der Waals surface area contributed by atoms with Gasteiger partial charge in [-0.1, -0.05) is 29.8 Å². The number of hydrogen-bond donors (Lipinski definition) is 1. The van der Waals surface area contributed by atoms with Crippen LogP contribution in [0, 0.1) is 0 Å². The van der Waals surface area contributed by atoms with Crippen LogP contribution >= 0.6 is 22.9 Å². The Morgan fingerprint density at radius 1 is 1.24 bits per heavy atom. The normalized spacial score (nSPS) is 17.1. The van der Waals surface area contributed by atoms with Crippen LogP contribution in [0.1, 0.15) is 18.9 Å². The van der Waals surface area contributed by atoms with Gasteiger partial charge in [0.15, 0.2) is 0 Å². The summed E-state index contributed by atoms with van der Waals surface area (Å²) in [5.41, 5.74) is 1.95. The highest BCUT2D eigenvalue weighted by Crippen LogP contribution is 2.35. The summed E-state index contributed by atoms with van der Waals surface area (Å²) in [6.07, 6.45) is 0. The molecular weight excluding hydrogens is 302 g/mol. The average molecular weight is 322 g/mol. The van der Waals surface area contributed by atoms with Gasteiger partial charge in [-0.05, 0) is 19.9 Å². The molecule has 0 radical (unpaired) electrons. The minimum atomic E-state index is -0.0354. The van der Waals surface area contributed by atoms with Crippen LogP contribution in [-0.4, -0.2) is 36.1 Å². The van der Waals surface area contributed by atoms with Crippen LogP contribution in [0.2, 0.25) is 5.02 Å². The van der Waals surface area contributed by atoms with Crippen molar-refractivity contribution in [2.24, 2.45) is 0 Å². The SMILES string of the molecule is CC(C)(c1nc(-c2ccccc2Cl)cs1)N1CCNCC1. The highest BCUT2D eigenvalue weighted by atomic mass is 35.5. The molecule has 3 nitrogen and oxygen atoms in total. The molecule has 1 aromatic carbocycles. The lowest BCUT2D eigenvalue weighted by molar-refractivity contribution is 0.102. The van der Waals surface area contributed by atoms with Gasteiger partial charge in [0.1, 0.15) is 5.01 Å². The van der Waals surface area contributed by atoms with Crippen molar-refractivity contribution in [2.45, 2.75) is 19.4 Å². The van der Waals surface area contributed by atoms with Crippen LogP contribution in [0.25, 0.3) is 11.3 Å². The van der Waals surface area contributed by atoms with Crippen LogP contribution in [0.5, 0.6) is 0 Å². The molecule has 0 unspecified atom stereocenters. The number of aromatic nitrogens is 1. The third kappa shape index (κ3) is 2.99. The van der Waals surface area contributed by atoms with Crippen molar-refractivity contribution in [2.75, 3.05) is 26.2 Å². The lowest BCUT2D eigenvalue weighted by atomic mass is 10.0. The Hall–Kier alpha value is -0.940. The molecule has 1 N–H and O–H groups in total. The van der Waals surface area contributed by atoms with Gasteiger partial charge < -0.3 is 5.32 Å². The fourth-order valence-electron chi connectivity index (χ4n) is 2.71. The lowest BCUT2D eigenvalue weighted by Gasteiger charge is -2.39. The Morgan fingerprint density at radius 3 is 2.67 bits per heavy atom. The monoisotopic (exact) mass is 321 g/mol. The molecule has 21 heavy (non-hydrogen) atoms. The molecule has 0 aliphatic carbocycles. The van der Waals surface area contributed by atoms with Gasteiger partial charge in [0, 0.05) is 42.1 Å². The third-order valence-corrected chi connectivity index (χ3v) is 5.57. The van der Waals surface area contributed by atoms with E-state index in [-0.39, 0.29) is 5.54 Å². The first-order valence-corrected chi connectivity index (χ1v) is 8.51. The molecule has 0 atom stereocenters. The second kappa shape index (κ2) is 6.05. The molecule has 2 aromatic rings. The zero-order chi connectivity index (χ0) is 14.9. The minimum Gasteiger partial charge on any atom is -0.314 e. The topological polar surface area (TPSA) is 28.2 Å². The van der Waals surface area contributed by atoms with Gasteiger partial charge in [0.2, 0.25) is 0 Å². The van der Waals surface area contributed by atoms with E-state index in [4.69, 9.17) is 16.6 Å². The van der Waals surface area contributed by atoms with Crippen molar-refractivity contribution >= 4 is 22.9 Å². The lowest BCUT2D eigenvalue weighted by Crippen LogP contribution is -2.51. The van der Waals surface area contributed by atoms with Crippen LogP contribution < -0.4 is 5.32 Å². The third-order valence-electron chi connectivity index (χ3n) is 4.08. The maximum absolute atomic E-state index is 6.28. The van der Waals surface area contributed by atoms with Crippen LogP contribution in [0.3, 0.4) is 0 Å². The van der Waals surface area contributed by atoms with Crippen molar-refractivity contribution in [3.63, 3.8) is 0 Å². The van der Waals surface area contributed by atoms with E-state index in [2.05, 4.69) is 29.4 Å². The Morgan fingerprint density at radius 2 is 1.95 bits per heavy atom. The van der Waals surface area contributed by atoms with Crippen molar-refractivity contribution in [3.05, 3.63) is 39.7 Å². The Kier molecular flexibility index (Phi) is 4.31. The second-order valence-electron chi connectivity index (χ2n) is 5.81. The van der Waals surface area contributed by atoms with Crippen LogP contribution in [-0.2, 0) is 5.54 Å². The number of nitrogens with one attached hydrogen (secondary N) is 1. The molecule has 0 amide bonds. The quantitative estimate of drug-likeness (QED) is 0.936. The smallest absolute Gasteiger partial charge is 0.113 e. The van der Waals surface area contributed by atoms with Gasteiger partial charge >= 0.3 is 0 Å². The van der Waals surface area contributed by atoms with Gasteiger partial charge in [-0.15, -0.1) is 11.3 Å². The predicted octanol–water partition coefficient (Wildman–Crippen LogP) is 3.60. The molecule has 0 saturated carbocycles. The Bertz CT molecular complexity index is 617. The zero-order valence-corrected chi connectivity index (χ0v) is 14.0. The number of thiazole rings is 1. The molecule has 1 aromatic heterocycles. The zero-order valence-electron chi connectivity index (χ0n) is 12.4. The number of halogens is 1. The minimum absolute atomic E-state index is 0.0354. The van der Waals surface area contributed by atoms with E-state index in [0.717, 1.165) is 47.5 Å². The molecule has 1 saturated heterocycles. The van der Waals surface area contributed by atoms with E-state index in [0.29, 0.717) is 0 Å². The molecule has 1 aliphatic heterocycles. The summed E-state index contributed by atoms with van der Waals surface area (Å²) >= 11 is 8.00. The van der Waals surface area contributed by atoms with Crippen molar-refractivity contribution in [1.82, 2.24) is 15.2 Å². The molecule has 1 fully saturated rings. The molecule has 0 spiro atoms. The largest absolute Gasteiger partial charge is 0.314 e. The van der Waals surface area contributed by atoms with Gasteiger partial charge in [-0.2, -0.15) is 0 Å². The first-order valence-electron chi connectivity index (χ1n) is 7.26. The Balaban J connectivity index is 1.89. The summed E-state index contributed by atoms with van der Waals surface area (Å²) in [7, 11) is 0. The molecular formula is C16H20ClN3S. The van der Waals surface area contributed by atoms with Crippen molar-refractivity contribution in [3.8, 4) is 11.3 Å². The summed E-state index contributed by atoms with van der Waals surface area (Å²) in [4.78, 5) is 7.36. The molecule has 3 rings (SSSR count). The van der Waals surface area contributed by atoms with Gasteiger partial charge in [0.05, 0.1) is 11.2 Å². The summed E-state index contributed by atoms with van der Waals surface area (Å²) in [5, 5.41) is 7.42. The fourth-order valence-corrected chi connectivity index (χ4v) is 3.91. The number of nitrogens with zero attached hydrogens (tertiary/aromatic N) is 2. The molecule has 112 valence electrons. The number of piperazine rings is 1. The second-order valence-corrected chi connectivity index (χ2v) is 7.08.